The molecule has 2 aromatic rings. The Kier molecular flexibility index (Phi) is 5.59. The van der Waals surface area contributed by atoms with E-state index in [0.29, 0.717) is 17.4 Å². The van der Waals surface area contributed by atoms with E-state index in [-0.39, 0.29) is 24.5 Å². The summed E-state index contributed by atoms with van der Waals surface area (Å²) in [6.45, 7) is 10.9. The zero-order valence-corrected chi connectivity index (χ0v) is 17.1. The van der Waals surface area contributed by atoms with Crippen molar-refractivity contribution >= 4 is 28.7 Å². The largest absolute Gasteiger partial charge is 0.359 e. The molecule has 4 N–H and O–H groups in total. The number of rotatable bonds is 5. The Bertz CT molecular complexity index is 995. The van der Waals surface area contributed by atoms with Gasteiger partial charge in [-0.2, -0.15) is 4.68 Å². The molecule has 158 valence electrons. The number of fused-ring (bicyclic) bond motifs is 1. The van der Waals surface area contributed by atoms with Gasteiger partial charge in [0, 0.05) is 37.4 Å². The van der Waals surface area contributed by atoms with Gasteiger partial charge in [0.25, 0.3) is 0 Å². The van der Waals surface area contributed by atoms with Crippen LogP contribution in [0.4, 0.5) is 10.6 Å². The van der Waals surface area contributed by atoms with E-state index in [1.165, 1.54) is 0 Å². The summed E-state index contributed by atoms with van der Waals surface area (Å²) < 4.78 is 1.14. The van der Waals surface area contributed by atoms with Crippen molar-refractivity contribution in [1.29, 1.82) is 0 Å². The molecule has 1 aliphatic carbocycles. The summed E-state index contributed by atoms with van der Waals surface area (Å²) in [4.78, 5) is 30.1. The highest BCUT2D eigenvalue weighted by molar-refractivity contribution is 5.97. The number of aryl methyl sites for hydroxylation is 1. The average molecular weight is 409 g/mol. The predicted octanol–water partition coefficient (Wildman–Crippen LogP) is 1.71. The second-order valence-corrected chi connectivity index (χ2v) is 8.28. The number of hydrogen-bond donors (Lipinski definition) is 3. The zero-order valence-electron chi connectivity index (χ0n) is 17.1. The number of hydrogen-bond acceptors (Lipinski definition) is 5. The molecular formula is C21H27N7O2. The lowest BCUT2D eigenvalue weighted by Crippen LogP contribution is -2.63. The SMILES string of the molecule is [C-]#[N+]C1CCC(N2CC(NC(=O)CNc3nn(C(N)=O)c4ccc(C)cc34)C2)CC1. The van der Waals surface area contributed by atoms with Gasteiger partial charge in [-0.25, -0.2) is 11.4 Å². The van der Waals surface area contributed by atoms with Gasteiger partial charge in [0.1, 0.15) is 0 Å². The van der Waals surface area contributed by atoms with E-state index >= 15 is 0 Å². The first kappa shape index (κ1) is 20.2. The Morgan fingerprint density at radius 2 is 2.00 bits per heavy atom. The summed E-state index contributed by atoms with van der Waals surface area (Å²) in [5, 5.41) is 11.1. The van der Waals surface area contributed by atoms with Gasteiger partial charge in [-0.05, 0) is 31.9 Å². The van der Waals surface area contributed by atoms with Crippen molar-refractivity contribution in [3.8, 4) is 0 Å². The minimum atomic E-state index is -0.665. The van der Waals surface area contributed by atoms with E-state index in [1.54, 1.807) is 6.07 Å². The molecule has 0 bridgehead atoms. The van der Waals surface area contributed by atoms with Crippen LogP contribution >= 0.6 is 0 Å². The maximum absolute atomic E-state index is 12.4. The summed E-state index contributed by atoms with van der Waals surface area (Å²) in [6.07, 6.45) is 4.11. The van der Waals surface area contributed by atoms with Gasteiger partial charge >= 0.3 is 6.03 Å². The maximum Gasteiger partial charge on any atom is 0.340 e. The summed E-state index contributed by atoms with van der Waals surface area (Å²) >= 11 is 0. The second-order valence-electron chi connectivity index (χ2n) is 8.28. The molecule has 0 spiro atoms. The minimum Gasteiger partial charge on any atom is -0.359 e. The Hall–Kier alpha value is -3.12. The molecule has 2 amide bonds. The summed E-state index contributed by atoms with van der Waals surface area (Å²) in [5.41, 5.74) is 7.04. The molecule has 30 heavy (non-hydrogen) atoms. The number of primary amides is 1. The lowest BCUT2D eigenvalue weighted by molar-refractivity contribution is -0.121. The molecule has 0 radical (unpaired) electrons. The smallest absolute Gasteiger partial charge is 0.340 e. The van der Waals surface area contributed by atoms with Crippen molar-refractivity contribution in [2.24, 2.45) is 5.73 Å². The number of nitrogens with zero attached hydrogens (tertiary/aromatic N) is 4. The van der Waals surface area contributed by atoms with Crippen LogP contribution < -0.4 is 16.4 Å². The van der Waals surface area contributed by atoms with Crippen LogP contribution in [0.15, 0.2) is 18.2 Å². The molecule has 9 heteroatoms. The molecule has 2 aliphatic rings. The molecule has 1 aromatic carbocycles. The fourth-order valence-electron chi connectivity index (χ4n) is 4.43. The Labute approximate surface area is 175 Å². The highest BCUT2D eigenvalue weighted by Gasteiger charge is 2.36. The van der Waals surface area contributed by atoms with Crippen molar-refractivity contribution in [3.05, 3.63) is 35.2 Å². The average Bonchev–Trinajstić information content (AvgIpc) is 3.07. The van der Waals surface area contributed by atoms with E-state index < -0.39 is 6.03 Å². The molecule has 1 saturated carbocycles. The number of carbonyl (C=O) groups excluding carboxylic acids is 2. The Balaban J connectivity index is 1.28. The molecule has 0 atom stereocenters. The maximum atomic E-state index is 12.4. The monoisotopic (exact) mass is 409 g/mol. The Morgan fingerprint density at radius 3 is 2.67 bits per heavy atom. The third-order valence-electron chi connectivity index (χ3n) is 6.10. The molecule has 1 aliphatic heterocycles. The molecule has 2 fully saturated rings. The third-order valence-corrected chi connectivity index (χ3v) is 6.10. The van der Waals surface area contributed by atoms with Crippen molar-refractivity contribution in [2.75, 3.05) is 25.0 Å². The van der Waals surface area contributed by atoms with Gasteiger partial charge in [0.05, 0.1) is 18.1 Å². The fraction of sp³-hybridized carbons (Fsp3) is 0.524. The van der Waals surface area contributed by atoms with Crippen LogP contribution in [0, 0.1) is 13.5 Å². The standard InChI is InChI=1S/C21H27N7O2/c1-13-3-8-18-17(9-13)20(26-28(18)21(22)30)24-10-19(29)25-15-11-27(12-15)16-6-4-14(23-2)5-7-16/h3,8-9,14-16H,4-7,10-12H2,1H3,(H2,22,30)(H,24,26)(H,25,29). The van der Waals surface area contributed by atoms with Crippen LogP contribution in [-0.4, -0.2) is 64.4 Å². The van der Waals surface area contributed by atoms with Gasteiger partial charge < -0.3 is 21.2 Å². The Morgan fingerprint density at radius 1 is 1.27 bits per heavy atom. The van der Waals surface area contributed by atoms with Gasteiger partial charge in [-0.3, -0.25) is 9.69 Å². The van der Waals surface area contributed by atoms with Crippen LogP contribution in [0.1, 0.15) is 31.2 Å². The number of carbonyl (C=O) groups is 2. The van der Waals surface area contributed by atoms with Crippen LogP contribution in [0.3, 0.4) is 0 Å². The summed E-state index contributed by atoms with van der Waals surface area (Å²) in [5.74, 6) is 0.361. The topological polar surface area (TPSA) is 110 Å². The first-order valence-electron chi connectivity index (χ1n) is 10.4. The highest BCUT2D eigenvalue weighted by Crippen LogP contribution is 2.28. The first-order chi connectivity index (χ1) is 14.4. The summed E-state index contributed by atoms with van der Waals surface area (Å²) in [6, 6.07) is 5.82. The van der Waals surface area contributed by atoms with Crippen molar-refractivity contribution in [3.63, 3.8) is 0 Å². The molecule has 4 rings (SSSR count). The van der Waals surface area contributed by atoms with Crippen molar-refractivity contribution in [2.45, 2.75) is 50.7 Å². The molecule has 0 unspecified atom stereocenters. The van der Waals surface area contributed by atoms with Crippen LogP contribution in [0.5, 0.6) is 0 Å². The van der Waals surface area contributed by atoms with Crippen LogP contribution in [-0.2, 0) is 4.79 Å². The van der Waals surface area contributed by atoms with Gasteiger partial charge in [0.2, 0.25) is 11.9 Å². The van der Waals surface area contributed by atoms with E-state index in [4.69, 9.17) is 12.3 Å². The normalized spacial score (nSPS) is 22.3. The van der Waals surface area contributed by atoms with E-state index in [1.807, 2.05) is 19.1 Å². The van der Waals surface area contributed by atoms with Crippen molar-refractivity contribution < 1.29 is 9.59 Å². The van der Waals surface area contributed by atoms with E-state index in [0.717, 1.165) is 54.4 Å². The van der Waals surface area contributed by atoms with E-state index in [9.17, 15) is 9.59 Å². The quantitative estimate of drug-likeness (QED) is 0.652. The van der Waals surface area contributed by atoms with Crippen molar-refractivity contribution in [1.82, 2.24) is 20.0 Å². The lowest BCUT2D eigenvalue weighted by atomic mass is 9.88. The fourth-order valence-corrected chi connectivity index (χ4v) is 4.43. The zero-order chi connectivity index (χ0) is 21.3. The predicted molar refractivity (Wildman–Crippen MR) is 114 cm³/mol. The number of amides is 2. The number of likely N-dealkylation sites (tertiary alicyclic amines) is 1. The molecule has 1 aromatic heterocycles. The molecule has 1 saturated heterocycles. The molecular weight excluding hydrogens is 382 g/mol. The number of benzene rings is 1. The minimum absolute atomic E-state index is 0.0748. The number of nitrogens with two attached hydrogens (primary N) is 1. The van der Waals surface area contributed by atoms with Gasteiger partial charge in [0.15, 0.2) is 5.82 Å². The number of aromatic nitrogens is 2. The molecule has 9 nitrogen and oxygen atoms in total. The second kappa shape index (κ2) is 8.32. The van der Waals surface area contributed by atoms with E-state index in [2.05, 4.69) is 25.5 Å². The first-order valence-corrected chi connectivity index (χ1v) is 10.4. The van der Waals surface area contributed by atoms with Crippen LogP contribution in [0.25, 0.3) is 15.7 Å². The van der Waals surface area contributed by atoms with Gasteiger partial charge in [-0.1, -0.05) is 11.6 Å². The molecule has 2 heterocycles. The van der Waals surface area contributed by atoms with Gasteiger partial charge in [-0.15, -0.1) is 5.10 Å². The highest BCUT2D eigenvalue weighted by atomic mass is 16.2. The number of nitrogens with one attached hydrogen (secondary N) is 2. The number of anilines is 1. The summed E-state index contributed by atoms with van der Waals surface area (Å²) in [7, 11) is 0. The third kappa shape index (κ3) is 4.09. The van der Waals surface area contributed by atoms with Crippen LogP contribution in [0.2, 0.25) is 0 Å². The lowest BCUT2D eigenvalue weighted by Gasteiger charge is -2.45.